The minimum atomic E-state index is -0.711. The molecule has 0 aromatic heterocycles. The van der Waals surface area contributed by atoms with Gasteiger partial charge >= 0.3 is 12.1 Å². The summed E-state index contributed by atoms with van der Waals surface area (Å²) in [5.74, 6) is -0.0907. The first-order valence-electron chi connectivity index (χ1n) is 13.0. The molecule has 7 heteroatoms. The predicted molar refractivity (Wildman–Crippen MR) is 134 cm³/mol. The fourth-order valence-corrected chi connectivity index (χ4v) is 6.18. The van der Waals surface area contributed by atoms with Crippen molar-refractivity contribution in [1.29, 1.82) is 0 Å². The minimum absolute atomic E-state index is 0.0796. The van der Waals surface area contributed by atoms with Gasteiger partial charge < -0.3 is 26.2 Å². The van der Waals surface area contributed by atoms with Crippen LogP contribution in [0.2, 0.25) is 0 Å². The van der Waals surface area contributed by atoms with Crippen LogP contribution >= 0.6 is 0 Å². The number of nitrogens with one attached hydrogen (secondary N) is 2. The molecule has 0 radical (unpaired) electrons. The van der Waals surface area contributed by atoms with E-state index < -0.39 is 17.5 Å². The van der Waals surface area contributed by atoms with Gasteiger partial charge in [-0.2, -0.15) is 0 Å². The molecule has 0 aliphatic heterocycles. The number of aryl methyl sites for hydroxylation is 1. The van der Waals surface area contributed by atoms with Gasteiger partial charge in [-0.25, -0.2) is 4.79 Å². The van der Waals surface area contributed by atoms with E-state index in [1.807, 2.05) is 25.1 Å². The highest BCUT2D eigenvalue weighted by Gasteiger charge is 2.55. The van der Waals surface area contributed by atoms with Crippen molar-refractivity contribution in [1.82, 2.24) is 10.6 Å². The quantitative estimate of drug-likeness (QED) is 0.335. The van der Waals surface area contributed by atoms with Crippen molar-refractivity contribution in [2.45, 2.75) is 83.5 Å². The molecule has 1 saturated carbocycles. The number of rotatable bonds is 12. The standard InChI is InChI=1S/C27H43N3O4/c1-26-13-7-14-27(2,24(31)32)23(26)12-10-20-9-11-21(19-22(20)26)34-25(33)30-18-8-17-29-16-6-4-3-5-15-28/h9,11,19,23,29H,3-8,10,12-18,28H2,1-2H3,(H,30,33)(H,31,32)/t23-,26-,27+/m1/s1. The second kappa shape index (κ2) is 12.0. The minimum Gasteiger partial charge on any atom is -0.481 e. The van der Waals surface area contributed by atoms with E-state index in [1.54, 1.807) is 0 Å². The van der Waals surface area contributed by atoms with Gasteiger partial charge in [-0.15, -0.1) is 0 Å². The Kier molecular flexibility index (Phi) is 9.37. The van der Waals surface area contributed by atoms with Crippen molar-refractivity contribution in [3.63, 3.8) is 0 Å². The fourth-order valence-electron chi connectivity index (χ4n) is 6.18. The number of aliphatic carboxylic acids is 1. The molecule has 0 bridgehead atoms. The van der Waals surface area contributed by atoms with Crippen LogP contribution in [0.25, 0.3) is 0 Å². The lowest BCUT2D eigenvalue weighted by atomic mass is 9.50. The molecule has 0 spiro atoms. The number of nitrogens with two attached hydrogens (primary N) is 1. The van der Waals surface area contributed by atoms with Gasteiger partial charge in [-0.1, -0.05) is 32.3 Å². The maximum absolute atomic E-state index is 12.3. The van der Waals surface area contributed by atoms with Crippen LogP contribution in [0.4, 0.5) is 4.79 Å². The molecule has 5 N–H and O–H groups in total. The molecule has 34 heavy (non-hydrogen) atoms. The van der Waals surface area contributed by atoms with Crippen LogP contribution in [0.15, 0.2) is 18.2 Å². The predicted octanol–water partition coefficient (Wildman–Crippen LogP) is 4.37. The second-order valence-electron chi connectivity index (χ2n) is 10.5. The smallest absolute Gasteiger partial charge is 0.412 e. The highest BCUT2D eigenvalue weighted by molar-refractivity contribution is 5.75. The zero-order valence-electron chi connectivity index (χ0n) is 21.0. The number of carboxylic acid groups (broad SMARTS) is 1. The van der Waals surface area contributed by atoms with Gasteiger partial charge in [0.25, 0.3) is 0 Å². The average Bonchev–Trinajstić information content (AvgIpc) is 2.80. The Bertz CT molecular complexity index is 845. The van der Waals surface area contributed by atoms with E-state index in [4.69, 9.17) is 10.5 Å². The lowest BCUT2D eigenvalue weighted by Crippen LogP contribution is -2.52. The van der Waals surface area contributed by atoms with Gasteiger partial charge in [0.2, 0.25) is 0 Å². The Morgan fingerprint density at radius 3 is 2.62 bits per heavy atom. The van der Waals surface area contributed by atoms with Crippen LogP contribution in [-0.2, 0) is 16.6 Å². The third-order valence-corrected chi connectivity index (χ3v) is 8.14. The van der Waals surface area contributed by atoms with Crippen LogP contribution in [-0.4, -0.2) is 43.3 Å². The Balaban J connectivity index is 1.49. The highest BCUT2D eigenvalue weighted by atomic mass is 16.6. The molecule has 0 unspecified atom stereocenters. The molecule has 7 nitrogen and oxygen atoms in total. The third-order valence-electron chi connectivity index (χ3n) is 8.14. The molecular formula is C27H43N3O4. The highest BCUT2D eigenvalue weighted by Crippen LogP contribution is 2.57. The van der Waals surface area contributed by atoms with E-state index in [0.717, 1.165) is 76.6 Å². The average molecular weight is 474 g/mol. The molecule has 1 aromatic rings. The first kappa shape index (κ1) is 26.5. The monoisotopic (exact) mass is 473 g/mol. The van der Waals surface area contributed by atoms with Gasteiger partial charge in [-0.05, 0) is 106 Å². The molecule has 3 rings (SSSR count). The molecule has 1 fully saturated rings. The summed E-state index contributed by atoms with van der Waals surface area (Å²) in [6.45, 7) is 7.28. The summed E-state index contributed by atoms with van der Waals surface area (Å²) < 4.78 is 5.59. The molecule has 3 atom stereocenters. The summed E-state index contributed by atoms with van der Waals surface area (Å²) in [5.41, 5.74) is 6.97. The third kappa shape index (κ3) is 6.11. The van der Waals surface area contributed by atoms with Gasteiger partial charge in [0.1, 0.15) is 5.75 Å². The van der Waals surface area contributed by atoms with Crippen LogP contribution in [0.5, 0.6) is 5.75 Å². The van der Waals surface area contributed by atoms with E-state index in [0.29, 0.717) is 12.3 Å². The summed E-state index contributed by atoms with van der Waals surface area (Å²) in [6.07, 6.45) is 9.36. The number of carboxylic acids is 1. The Morgan fingerprint density at radius 1 is 1.09 bits per heavy atom. The molecule has 190 valence electrons. The SMILES string of the molecule is C[C@]1(C(=O)O)CCC[C@]2(C)c3cc(OC(=O)NCCCNCCCCCCN)ccc3CC[C@@H]12. The molecule has 2 aliphatic carbocycles. The maximum atomic E-state index is 12.3. The van der Waals surface area contributed by atoms with Crippen molar-refractivity contribution < 1.29 is 19.4 Å². The molecule has 0 saturated heterocycles. The zero-order chi connectivity index (χ0) is 24.6. The number of benzene rings is 1. The first-order chi connectivity index (χ1) is 16.3. The van der Waals surface area contributed by atoms with Gasteiger partial charge in [0.15, 0.2) is 0 Å². The van der Waals surface area contributed by atoms with E-state index in [1.165, 1.54) is 18.4 Å². The molecule has 0 heterocycles. The van der Waals surface area contributed by atoms with E-state index in [-0.39, 0.29) is 11.3 Å². The van der Waals surface area contributed by atoms with Crippen molar-refractivity contribution in [2.24, 2.45) is 17.1 Å². The number of carbonyl (C=O) groups is 2. The van der Waals surface area contributed by atoms with E-state index in [2.05, 4.69) is 17.6 Å². The summed E-state index contributed by atoms with van der Waals surface area (Å²) in [4.78, 5) is 24.5. The zero-order valence-corrected chi connectivity index (χ0v) is 21.0. The lowest BCUT2D eigenvalue weighted by Gasteiger charge is -2.53. The molecule has 2 aliphatic rings. The van der Waals surface area contributed by atoms with E-state index >= 15 is 0 Å². The van der Waals surface area contributed by atoms with Crippen LogP contribution < -0.4 is 21.1 Å². The number of hydrogen-bond donors (Lipinski definition) is 4. The van der Waals surface area contributed by atoms with Gasteiger partial charge in [0.05, 0.1) is 5.41 Å². The molecular weight excluding hydrogens is 430 g/mol. The number of unbranched alkanes of at least 4 members (excludes halogenated alkanes) is 3. The summed E-state index contributed by atoms with van der Waals surface area (Å²) in [6, 6.07) is 5.87. The van der Waals surface area contributed by atoms with Gasteiger partial charge in [0, 0.05) is 6.54 Å². The summed E-state index contributed by atoms with van der Waals surface area (Å²) in [7, 11) is 0. The Labute approximate surface area is 204 Å². The van der Waals surface area contributed by atoms with Crippen LogP contribution in [0.3, 0.4) is 0 Å². The number of ether oxygens (including phenoxy) is 1. The van der Waals surface area contributed by atoms with Gasteiger partial charge in [-0.3, -0.25) is 4.79 Å². The topological polar surface area (TPSA) is 114 Å². The number of amides is 1. The van der Waals surface area contributed by atoms with Crippen molar-refractivity contribution in [3.05, 3.63) is 29.3 Å². The number of fused-ring (bicyclic) bond motifs is 3. The van der Waals surface area contributed by atoms with E-state index in [9.17, 15) is 14.7 Å². The van der Waals surface area contributed by atoms with Crippen molar-refractivity contribution in [3.8, 4) is 5.75 Å². The number of hydrogen-bond acceptors (Lipinski definition) is 5. The lowest BCUT2D eigenvalue weighted by molar-refractivity contribution is -0.157. The number of carbonyl (C=O) groups excluding carboxylic acids is 1. The maximum Gasteiger partial charge on any atom is 0.412 e. The second-order valence-corrected chi connectivity index (χ2v) is 10.5. The van der Waals surface area contributed by atoms with Crippen LogP contribution in [0, 0.1) is 11.3 Å². The summed E-state index contributed by atoms with van der Waals surface area (Å²) in [5, 5.41) is 16.2. The molecule has 1 aromatic carbocycles. The Hall–Kier alpha value is -2.12. The van der Waals surface area contributed by atoms with Crippen LogP contribution in [0.1, 0.15) is 82.8 Å². The first-order valence-corrected chi connectivity index (χ1v) is 13.0. The molecule has 1 amide bonds. The van der Waals surface area contributed by atoms with Crippen molar-refractivity contribution >= 4 is 12.1 Å². The normalized spacial score (nSPS) is 25.8. The largest absolute Gasteiger partial charge is 0.481 e. The fraction of sp³-hybridized carbons (Fsp3) is 0.704. The summed E-state index contributed by atoms with van der Waals surface area (Å²) >= 11 is 0. The van der Waals surface area contributed by atoms with Crippen molar-refractivity contribution in [2.75, 3.05) is 26.2 Å². The Morgan fingerprint density at radius 2 is 1.85 bits per heavy atom.